The van der Waals surface area contributed by atoms with Crippen molar-refractivity contribution in [3.63, 3.8) is 0 Å². The molecular formula is C26H39N5O4. The van der Waals surface area contributed by atoms with E-state index in [9.17, 15) is 14.4 Å². The van der Waals surface area contributed by atoms with Crippen molar-refractivity contribution in [3.05, 3.63) is 29.3 Å². The Labute approximate surface area is 207 Å². The normalized spacial score (nSPS) is 25.9. The highest BCUT2D eigenvalue weighted by atomic mass is 16.5. The van der Waals surface area contributed by atoms with E-state index in [1.807, 2.05) is 26.0 Å². The second-order valence-electron chi connectivity index (χ2n) is 10.5. The number of amides is 2. The zero-order valence-corrected chi connectivity index (χ0v) is 21.1. The number of piperazine rings is 1. The fraction of sp³-hybridized carbons (Fsp3) is 0.654. The SMILES string of the molecule is CCCN1CCN(c2ccc(C(N)=O)c([C@H](CC(C)C)C(=O)N3C[C@@H](N)[C@H]4OCC(=O)[C@H]43)c2)CC1. The molecule has 1 aromatic rings. The maximum absolute atomic E-state index is 14.0. The maximum Gasteiger partial charge on any atom is 0.249 e. The van der Waals surface area contributed by atoms with Crippen LogP contribution in [0.3, 0.4) is 0 Å². The monoisotopic (exact) mass is 485 g/mol. The smallest absolute Gasteiger partial charge is 0.249 e. The van der Waals surface area contributed by atoms with Crippen LogP contribution in [0.15, 0.2) is 18.2 Å². The second kappa shape index (κ2) is 10.6. The predicted octanol–water partition coefficient (Wildman–Crippen LogP) is 0.953. The maximum atomic E-state index is 14.0. The van der Waals surface area contributed by atoms with Crippen LogP contribution < -0.4 is 16.4 Å². The number of likely N-dealkylation sites (tertiary alicyclic amines) is 1. The van der Waals surface area contributed by atoms with Gasteiger partial charge in [-0.25, -0.2) is 0 Å². The molecule has 0 spiro atoms. The van der Waals surface area contributed by atoms with Crippen molar-refractivity contribution in [2.24, 2.45) is 17.4 Å². The summed E-state index contributed by atoms with van der Waals surface area (Å²) >= 11 is 0. The van der Waals surface area contributed by atoms with Gasteiger partial charge in [-0.3, -0.25) is 19.3 Å². The average Bonchev–Trinajstić information content (AvgIpc) is 3.37. The molecule has 0 bridgehead atoms. The Balaban J connectivity index is 1.66. The van der Waals surface area contributed by atoms with Crippen LogP contribution >= 0.6 is 0 Å². The van der Waals surface area contributed by atoms with Gasteiger partial charge in [-0.1, -0.05) is 20.8 Å². The molecule has 0 aliphatic carbocycles. The van der Waals surface area contributed by atoms with E-state index in [1.165, 1.54) is 0 Å². The molecule has 1 aromatic carbocycles. The largest absolute Gasteiger partial charge is 0.369 e. The summed E-state index contributed by atoms with van der Waals surface area (Å²) in [5.74, 6) is -1.27. The van der Waals surface area contributed by atoms with Gasteiger partial charge in [0.1, 0.15) is 18.8 Å². The number of nitrogens with zero attached hydrogens (tertiary/aromatic N) is 3. The van der Waals surface area contributed by atoms with E-state index in [-0.39, 0.29) is 30.8 Å². The van der Waals surface area contributed by atoms with Gasteiger partial charge in [0.05, 0.1) is 12.0 Å². The predicted molar refractivity (Wildman–Crippen MR) is 134 cm³/mol. The van der Waals surface area contributed by atoms with Gasteiger partial charge in [0, 0.05) is 44.0 Å². The van der Waals surface area contributed by atoms with E-state index in [2.05, 4.69) is 16.7 Å². The minimum absolute atomic E-state index is 0.0201. The number of hydrogen-bond acceptors (Lipinski definition) is 7. The van der Waals surface area contributed by atoms with E-state index in [4.69, 9.17) is 16.2 Å². The number of ketones is 1. The third kappa shape index (κ3) is 5.22. The first-order valence-electron chi connectivity index (χ1n) is 12.8. The zero-order valence-electron chi connectivity index (χ0n) is 21.1. The second-order valence-corrected chi connectivity index (χ2v) is 10.5. The minimum atomic E-state index is -0.654. The number of primary amides is 1. The molecule has 0 saturated carbocycles. The highest BCUT2D eigenvalue weighted by molar-refractivity contribution is 5.99. The number of benzene rings is 1. The molecule has 3 aliphatic rings. The lowest BCUT2D eigenvalue weighted by atomic mass is 9.85. The molecule has 4 rings (SSSR count). The van der Waals surface area contributed by atoms with Crippen LogP contribution in [0.5, 0.6) is 0 Å². The van der Waals surface area contributed by atoms with Crippen LogP contribution in [0.1, 0.15) is 55.5 Å². The average molecular weight is 486 g/mol. The van der Waals surface area contributed by atoms with Gasteiger partial charge in [-0.05, 0) is 49.1 Å². The van der Waals surface area contributed by atoms with Gasteiger partial charge in [0.25, 0.3) is 0 Å². The molecule has 4 atom stereocenters. The Morgan fingerprint density at radius 1 is 1.17 bits per heavy atom. The molecular weight excluding hydrogens is 446 g/mol. The van der Waals surface area contributed by atoms with Crippen molar-refractivity contribution >= 4 is 23.3 Å². The summed E-state index contributed by atoms with van der Waals surface area (Å²) in [6.07, 6.45) is 1.20. The summed E-state index contributed by atoms with van der Waals surface area (Å²) in [5.41, 5.74) is 14.0. The highest BCUT2D eigenvalue weighted by Crippen LogP contribution is 2.36. The Bertz CT molecular complexity index is 959. The van der Waals surface area contributed by atoms with Crippen molar-refractivity contribution in [2.45, 2.75) is 57.7 Å². The van der Waals surface area contributed by atoms with Gasteiger partial charge in [-0.15, -0.1) is 0 Å². The third-order valence-electron chi connectivity index (χ3n) is 7.47. The number of Topliss-reactive ketones (excluding diaryl/α,β-unsaturated/α-hetero) is 1. The molecule has 4 N–H and O–H groups in total. The zero-order chi connectivity index (χ0) is 25.3. The topological polar surface area (TPSA) is 122 Å². The molecule has 3 saturated heterocycles. The van der Waals surface area contributed by atoms with Crippen molar-refractivity contribution in [1.82, 2.24) is 9.80 Å². The molecule has 3 aliphatic heterocycles. The van der Waals surface area contributed by atoms with Crippen molar-refractivity contribution in [1.29, 1.82) is 0 Å². The van der Waals surface area contributed by atoms with Crippen LogP contribution in [-0.2, 0) is 14.3 Å². The Kier molecular flexibility index (Phi) is 7.78. The lowest BCUT2D eigenvalue weighted by Gasteiger charge is -2.36. The van der Waals surface area contributed by atoms with E-state index < -0.39 is 30.0 Å². The van der Waals surface area contributed by atoms with E-state index >= 15 is 0 Å². The molecule has 0 unspecified atom stereocenters. The molecule has 3 fully saturated rings. The number of ether oxygens (including phenoxy) is 1. The summed E-state index contributed by atoms with van der Waals surface area (Å²) in [5, 5.41) is 0. The van der Waals surface area contributed by atoms with Gasteiger partial charge < -0.3 is 26.0 Å². The number of fused-ring (bicyclic) bond motifs is 1. The van der Waals surface area contributed by atoms with E-state index in [1.54, 1.807) is 11.0 Å². The summed E-state index contributed by atoms with van der Waals surface area (Å²) in [4.78, 5) is 45.3. The van der Waals surface area contributed by atoms with Crippen molar-refractivity contribution in [3.8, 4) is 0 Å². The van der Waals surface area contributed by atoms with Gasteiger partial charge in [0.2, 0.25) is 11.8 Å². The fourth-order valence-corrected chi connectivity index (χ4v) is 5.76. The number of anilines is 1. The Morgan fingerprint density at radius 3 is 2.51 bits per heavy atom. The first kappa shape index (κ1) is 25.6. The Hall–Kier alpha value is -2.49. The van der Waals surface area contributed by atoms with Crippen molar-refractivity contribution in [2.75, 3.05) is 50.8 Å². The number of carbonyl (C=O) groups excluding carboxylic acids is 3. The number of hydrogen-bond donors (Lipinski definition) is 2. The van der Waals surface area contributed by atoms with Crippen LogP contribution in [0.4, 0.5) is 5.69 Å². The number of nitrogens with two attached hydrogens (primary N) is 2. The molecule has 3 heterocycles. The van der Waals surface area contributed by atoms with E-state index in [0.717, 1.165) is 44.8 Å². The first-order chi connectivity index (χ1) is 16.7. The van der Waals surface area contributed by atoms with Gasteiger partial charge in [-0.2, -0.15) is 0 Å². The van der Waals surface area contributed by atoms with Crippen LogP contribution in [0, 0.1) is 5.92 Å². The lowest BCUT2D eigenvalue weighted by Crippen LogP contribution is -2.46. The van der Waals surface area contributed by atoms with Crippen LogP contribution in [0.2, 0.25) is 0 Å². The molecule has 192 valence electrons. The summed E-state index contributed by atoms with van der Waals surface area (Å²) in [6.45, 7) is 11.3. The van der Waals surface area contributed by atoms with Gasteiger partial charge >= 0.3 is 0 Å². The quantitative estimate of drug-likeness (QED) is 0.562. The van der Waals surface area contributed by atoms with Crippen LogP contribution in [0.25, 0.3) is 0 Å². The van der Waals surface area contributed by atoms with E-state index in [0.29, 0.717) is 17.5 Å². The number of carbonyl (C=O) groups is 3. The number of rotatable bonds is 8. The first-order valence-corrected chi connectivity index (χ1v) is 12.8. The molecule has 9 nitrogen and oxygen atoms in total. The fourth-order valence-electron chi connectivity index (χ4n) is 5.76. The standard InChI is InChI=1S/C26H39N5O4/c1-4-7-29-8-10-30(11-9-29)17-5-6-18(25(28)33)19(13-17)20(12-16(2)3)26(34)31-14-21(27)24-23(31)22(32)15-35-24/h5-6,13,16,20-21,23-24H,4,7-12,14-15,27H2,1-3H3,(H2,28,33)/t20-,21+,23+,24+/m0/s1. The molecule has 2 amide bonds. The van der Waals surface area contributed by atoms with Gasteiger partial charge in [0.15, 0.2) is 5.78 Å². The molecule has 0 aromatic heterocycles. The summed E-state index contributed by atoms with van der Waals surface area (Å²) in [6, 6.07) is 4.57. The Morgan fingerprint density at radius 2 is 1.89 bits per heavy atom. The summed E-state index contributed by atoms with van der Waals surface area (Å²) < 4.78 is 5.58. The molecule has 9 heteroatoms. The third-order valence-corrected chi connectivity index (χ3v) is 7.47. The molecule has 35 heavy (non-hydrogen) atoms. The van der Waals surface area contributed by atoms with Crippen LogP contribution in [-0.4, -0.2) is 91.5 Å². The van der Waals surface area contributed by atoms with Crippen molar-refractivity contribution < 1.29 is 19.1 Å². The minimum Gasteiger partial charge on any atom is -0.369 e. The summed E-state index contributed by atoms with van der Waals surface area (Å²) in [7, 11) is 0. The highest BCUT2D eigenvalue weighted by Gasteiger charge is 2.52. The molecule has 0 radical (unpaired) electrons. The lowest BCUT2D eigenvalue weighted by molar-refractivity contribution is -0.138.